The van der Waals surface area contributed by atoms with Crippen molar-refractivity contribution in [1.82, 2.24) is 9.55 Å². The van der Waals surface area contributed by atoms with E-state index in [4.69, 9.17) is 28.3 Å². The molecule has 0 radical (unpaired) electrons. The molecule has 33 heavy (non-hydrogen) atoms. The number of hydrogen-bond donors (Lipinski definition) is 2. The Labute approximate surface area is 204 Å². The number of benzene rings is 2. The van der Waals surface area contributed by atoms with Crippen molar-refractivity contribution in [2.45, 2.75) is 19.9 Å². The van der Waals surface area contributed by atoms with Gasteiger partial charge in [0.15, 0.2) is 0 Å². The molecule has 2 heterocycles. The number of halogens is 2. The maximum Gasteiger partial charge on any atom is 0.290 e. The predicted octanol–water partition coefficient (Wildman–Crippen LogP) is 5.44. The van der Waals surface area contributed by atoms with Crippen LogP contribution in [-0.4, -0.2) is 27.2 Å². The molecule has 0 saturated heterocycles. The largest absolute Gasteiger partial charge is 0.396 e. The molecule has 0 aliphatic heterocycles. The molecule has 0 spiro atoms. The Bertz CT molecular complexity index is 1370. The minimum atomic E-state index is -0.326. The van der Waals surface area contributed by atoms with Crippen LogP contribution in [0.1, 0.15) is 18.9 Å². The lowest BCUT2D eigenvalue weighted by molar-refractivity contribution is -0.119. The van der Waals surface area contributed by atoms with Gasteiger partial charge in [0.05, 0.1) is 22.6 Å². The van der Waals surface area contributed by atoms with Crippen LogP contribution < -0.4 is 10.9 Å². The third-order valence-corrected chi connectivity index (χ3v) is 7.04. The number of aromatic nitrogens is 2. The Balaban J connectivity index is 1.64. The molecule has 1 amide bonds. The summed E-state index contributed by atoms with van der Waals surface area (Å²) in [5.74, 6) is -0.529. The van der Waals surface area contributed by atoms with Crippen molar-refractivity contribution in [2.75, 3.05) is 11.9 Å². The first-order chi connectivity index (χ1) is 15.9. The van der Waals surface area contributed by atoms with Gasteiger partial charge in [0.2, 0.25) is 5.91 Å². The van der Waals surface area contributed by atoms with Gasteiger partial charge in [0.25, 0.3) is 5.56 Å². The molecule has 0 aliphatic carbocycles. The number of thiophene rings is 1. The highest BCUT2D eigenvalue weighted by Gasteiger charge is 2.16. The van der Waals surface area contributed by atoms with Gasteiger partial charge in [-0.1, -0.05) is 48.3 Å². The van der Waals surface area contributed by atoms with Gasteiger partial charge in [0, 0.05) is 29.0 Å². The molecule has 6 nitrogen and oxygen atoms in total. The van der Waals surface area contributed by atoms with E-state index in [0.29, 0.717) is 33.4 Å². The van der Waals surface area contributed by atoms with E-state index in [1.165, 1.54) is 11.3 Å². The van der Waals surface area contributed by atoms with Crippen LogP contribution in [0.5, 0.6) is 0 Å². The summed E-state index contributed by atoms with van der Waals surface area (Å²) in [5.41, 5.74) is 2.88. The van der Waals surface area contributed by atoms with E-state index in [0.717, 1.165) is 21.5 Å². The van der Waals surface area contributed by atoms with Crippen LogP contribution in [0.25, 0.3) is 20.7 Å². The zero-order valence-electron chi connectivity index (χ0n) is 17.7. The standard InChI is InChI=1S/C24H21Cl2N3O3S/c1-14(8-9-30)23(31)28-19-7-4-16(10-18(19)26)21-11-20-22(33-21)24(32)27-13-29(20)12-15-2-5-17(25)6-3-15/h2-7,10-11,13-14,30H,8-9,12H2,1H3,(H,28,31). The number of fused-ring (bicyclic) bond motifs is 1. The summed E-state index contributed by atoms with van der Waals surface area (Å²) in [6.45, 7) is 2.25. The number of nitrogens with one attached hydrogen (secondary N) is 1. The van der Waals surface area contributed by atoms with Crippen molar-refractivity contribution in [3.05, 3.63) is 80.8 Å². The Morgan fingerprint density at radius 3 is 2.64 bits per heavy atom. The number of carbonyl (C=O) groups is 1. The van der Waals surface area contributed by atoms with Crippen molar-refractivity contribution in [1.29, 1.82) is 0 Å². The third-order valence-electron chi connectivity index (χ3n) is 5.32. The zero-order valence-corrected chi connectivity index (χ0v) is 20.0. The highest BCUT2D eigenvalue weighted by molar-refractivity contribution is 7.22. The Morgan fingerprint density at radius 1 is 1.18 bits per heavy atom. The van der Waals surface area contributed by atoms with E-state index >= 15 is 0 Å². The van der Waals surface area contributed by atoms with Crippen LogP contribution in [-0.2, 0) is 11.3 Å². The highest BCUT2D eigenvalue weighted by atomic mass is 35.5. The van der Waals surface area contributed by atoms with Crippen LogP contribution in [0.15, 0.2) is 59.7 Å². The first-order valence-electron chi connectivity index (χ1n) is 10.3. The molecule has 1 atom stereocenters. The van der Waals surface area contributed by atoms with Crippen molar-refractivity contribution in [2.24, 2.45) is 5.92 Å². The van der Waals surface area contributed by atoms with Gasteiger partial charge in [-0.2, -0.15) is 4.98 Å². The number of rotatable bonds is 7. The molecule has 0 saturated carbocycles. The molecule has 2 N–H and O–H groups in total. The number of carbonyl (C=O) groups excluding carboxylic acids is 1. The second-order valence-corrected chi connectivity index (χ2v) is 9.62. The first kappa shape index (κ1) is 23.4. The molecule has 4 aromatic rings. The lowest BCUT2D eigenvalue weighted by Gasteiger charge is -2.12. The van der Waals surface area contributed by atoms with Crippen molar-refractivity contribution in [3.8, 4) is 10.4 Å². The van der Waals surface area contributed by atoms with Gasteiger partial charge in [0.1, 0.15) is 4.70 Å². The number of nitrogens with zero attached hydrogens (tertiary/aromatic N) is 2. The number of hydrogen-bond acceptors (Lipinski definition) is 5. The predicted molar refractivity (Wildman–Crippen MR) is 134 cm³/mol. The smallest absolute Gasteiger partial charge is 0.290 e. The molecule has 2 aromatic heterocycles. The number of anilines is 1. The molecule has 1 unspecified atom stereocenters. The minimum absolute atomic E-state index is 0.0538. The van der Waals surface area contributed by atoms with Gasteiger partial charge in [-0.3, -0.25) is 9.59 Å². The zero-order chi connectivity index (χ0) is 23.5. The maximum atomic E-state index is 12.4. The Morgan fingerprint density at radius 2 is 1.94 bits per heavy atom. The summed E-state index contributed by atoms with van der Waals surface area (Å²) >= 11 is 13.8. The van der Waals surface area contributed by atoms with Crippen molar-refractivity contribution in [3.63, 3.8) is 0 Å². The van der Waals surface area contributed by atoms with Gasteiger partial charge < -0.3 is 15.0 Å². The maximum absolute atomic E-state index is 12.4. The first-order valence-corrected chi connectivity index (χ1v) is 11.9. The summed E-state index contributed by atoms with van der Waals surface area (Å²) in [7, 11) is 0. The van der Waals surface area contributed by atoms with Crippen LogP contribution in [0.3, 0.4) is 0 Å². The summed E-state index contributed by atoms with van der Waals surface area (Å²) in [6, 6.07) is 14.8. The molecule has 170 valence electrons. The highest BCUT2D eigenvalue weighted by Crippen LogP contribution is 2.35. The summed E-state index contributed by atoms with van der Waals surface area (Å²) in [5, 5.41) is 12.9. The summed E-state index contributed by atoms with van der Waals surface area (Å²) in [6.07, 6.45) is 1.93. The van der Waals surface area contributed by atoms with Gasteiger partial charge in [-0.15, -0.1) is 11.3 Å². The quantitative estimate of drug-likeness (QED) is 0.353. The van der Waals surface area contributed by atoms with E-state index in [-0.39, 0.29) is 24.0 Å². The second-order valence-electron chi connectivity index (χ2n) is 7.73. The lowest BCUT2D eigenvalue weighted by Crippen LogP contribution is -2.21. The molecule has 0 aliphatic rings. The van der Waals surface area contributed by atoms with E-state index in [9.17, 15) is 9.59 Å². The fourth-order valence-electron chi connectivity index (χ4n) is 3.40. The Kier molecular flexibility index (Phi) is 7.14. The minimum Gasteiger partial charge on any atom is -0.396 e. The van der Waals surface area contributed by atoms with Gasteiger partial charge in [-0.25, -0.2) is 0 Å². The molecule has 2 aromatic carbocycles. The van der Waals surface area contributed by atoms with Gasteiger partial charge in [-0.05, 0) is 47.9 Å². The van der Waals surface area contributed by atoms with Crippen LogP contribution in [0.2, 0.25) is 10.0 Å². The Hall–Kier alpha value is -2.71. The second kappa shape index (κ2) is 10.1. The summed E-state index contributed by atoms with van der Waals surface area (Å²) < 4.78 is 2.49. The van der Waals surface area contributed by atoms with E-state index < -0.39 is 0 Å². The van der Waals surface area contributed by atoms with Crippen LogP contribution in [0.4, 0.5) is 5.69 Å². The fraction of sp³-hybridized carbons (Fsp3) is 0.208. The number of amides is 1. The van der Waals surface area contributed by atoms with Crippen molar-refractivity contribution < 1.29 is 9.90 Å². The molecular formula is C24H21Cl2N3O3S. The van der Waals surface area contributed by atoms with Crippen LogP contribution in [0, 0.1) is 5.92 Å². The van der Waals surface area contributed by atoms with E-state index in [1.54, 1.807) is 25.4 Å². The topological polar surface area (TPSA) is 84.2 Å². The average molecular weight is 502 g/mol. The summed E-state index contributed by atoms with van der Waals surface area (Å²) in [4.78, 5) is 29.5. The van der Waals surface area contributed by atoms with Crippen molar-refractivity contribution >= 4 is 56.3 Å². The van der Waals surface area contributed by atoms with Gasteiger partial charge >= 0.3 is 0 Å². The number of aliphatic hydroxyl groups excluding tert-OH is 1. The average Bonchev–Trinajstić information content (AvgIpc) is 3.25. The normalized spacial score (nSPS) is 12.1. The third kappa shape index (κ3) is 5.28. The molecule has 4 rings (SSSR count). The van der Waals surface area contributed by atoms with E-state index in [1.807, 2.05) is 41.0 Å². The molecule has 0 bridgehead atoms. The SMILES string of the molecule is CC(CCO)C(=O)Nc1ccc(-c2cc3c(s2)c(=O)ncn3Cc2ccc(Cl)cc2)cc1Cl. The monoisotopic (exact) mass is 501 g/mol. The number of aliphatic hydroxyl groups is 1. The van der Waals surface area contributed by atoms with Crippen LogP contribution >= 0.6 is 34.5 Å². The molecule has 9 heteroatoms. The van der Waals surface area contributed by atoms with E-state index in [2.05, 4.69) is 10.3 Å². The fourth-order valence-corrected chi connectivity index (χ4v) is 4.81. The molecule has 0 fully saturated rings. The lowest BCUT2D eigenvalue weighted by atomic mass is 10.1. The molecular weight excluding hydrogens is 481 g/mol.